The summed E-state index contributed by atoms with van der Waals surface area (Å²) in [6.45, 7) is 7.55. The lowest BCUT2D eigenvalue weighted by Gasteiger charge is -2.11. The summed E-state index contributed by atoms with van der Waals surface area (Å²) in [6, 6.07) is 4.12. The summed E-state index contributed by atoms with van der Waals surface area (Å²) in [4.78, 5) is 12.2. The number of benzene rings is 1. The van der Waals surface area contributed by atoms with Crippen LogP contribution in [0.2, 0.25) is 0 Å². The molecule has 1 amide bonds. The molecule has 0 bridgehead atoms. The minimum Gasteiger partial charge on any atom is -0.352 e. The third-order valence-corrected chi connectivity index (χ3v) is 3.32. The Labute approximate surface area is 116 Å². The van der Waals surface area contributed by atoms with Gasteiger partial charge < -0.3 is 11.1 Å². The minimum atomic E-state index is 0.0498. The second-order valence-corrected chi connectivity index (χ2v) is 5.23. The van der Waals surface area contributed by atoms with Crippen LogP contribution < -0.4 is 11.1 Å². The molecule has 1 rings (SSSR count). The maximum absolute atomic E-state index is 12.2. The molecule has 0 heterocycles. The molecule has 3 nitrogen and oxygen atoms in total. The molecule has 0 saturated heterocycles. The number of rotatable bonds is 7. The number of aryl methyl sites for hydroxylation is 3. The molecule has 0 aromatic heterocycles. The van der Waals surface area contributed by atoms with Gasteiger partial charge in [-0.1, -0.05) is 30.5 Å². The molecule has 3 heteroatoms. The maximum atomic E-state index is 12.2. The van der Waals surface area contributed by atoms with E-state index in [1.54, 1.807) is 0 Å². The van der Waals surface area contributed by atoms with E-state index in [9.17, 15) is 4.79 Å². The SMILES string of the molecule is Cc1cc(C)c(C(=O)NCCCCCCN)c(C)c1. The number of nitrogens with two attached hydrogens (primary N) is 1. The van der Waals surface area contributed by atoms with Crippen molar-refractivity contribution in [1.82, 2.24) is 5.32 Å². The lowest BCUT2D eigenvalue weighted by molar-refractivity contribution is 0.0951. The topological polar surface area (TPSA) is 55.1 Å². The molecule has 0 fully saturated rings. The Hall–Kier alpha value is -1.35. The van der Waals surface area contributed by atoms with Crippen LogP contribution in [0.15, 0.2) is 12.1 Å². The highest BCUT2D eigenvalue weighted by atomic mass is 16.1. The molecule has 0 radical (unpaired) electrons. The highest BCUT2D eigenvalue weighted by molar-refractivity contribution is 5.97. The predicted molar refractivity (Wildman–Crippen MR) is 80.5 cm³/mol. The van der Waals surface area contributed by atoms with Gasteiger partial charge in [0.15, 0.2) is 0 Å². The molecular formula is C16H26N2O. The van der Waals surface area contributed by atoms with Crippen molar-refractivity contribution in [3.05, 3.63) is 34.4 Å². The van der Waals surface area contributed by atoms with Crippen LogP contribution in [0.4, 0.5) is 0 Å². The van der Waals surface area contributed by atoms with Gasteiger partial charge >= 0.3 is 0 Å². The van der Waals surface area contributed by atoms with Crippen LogP contribution >= 0.6 is 0 Å². The van der Waals surface area contributed by atoms with Crippen molar-refractivity contribution in [1.29, 1.82) is 0 Å². The van der Waals surface area contributed by atoms with Crippen LogP contribution in [0, 0.1) is 20.8 Å². The Kier molecular flexibility index (Phi) is 6.57. The van der Waals surface area contributed by atoms with Gasteiger partial charge in [0.1, 0.15) is 0 Å². The van der Waals surface area contributed by atoms with Crippen molar-refractivity contribution < 1.29 is 4.79 Å². The van der Waals surface area contributed by atoms with Gasteiger partial charge in [-0.3, -0.25) is 4.79 Å². The van der Waals surface area contributed by atoms with E-state index in [0.717, 1.165) is 55.5 Å². The number of amides is 1. The first kappa shape index (κ1) is 15.7. The standard InChI is InChI=1S/C16H26N2O/c1-12-10-13(2)15(14(3)11-12)16(19)18-9-7-5-4-6-8-17/h10-11H,4-9,17H2,1-3H3,(H,18,19). The number of hydrogen-bond acceptors (Lipinski definition) is 2. The smallest absolute Gasteiger partial charge is 0.251 e. The molecule has 1 aromatic carbocycles. The summed E-state index contributed by atoms with van der Waals surface area (Å²) in [5.41, 5.74) is 9.58. The lowest BCUT2D eigenvalue weighted by atomic mass is 9.99. The highest BCUT2D eigenvalue weighted by Crippen LogP contribution is 2.16. The molecule has 0 saturated carbocycles. The third kappa shape index (κ3) is 5.03. The van der Waals surface area contributed by atoms with Crippen molar-refractivity contribution in [2.75, 3.05) is 13.1 Å². The zero-order valence-corrected chi connectivity index (χ0v) is 12.4. The quantitative estimate of drug-likeness (QED) is 0.742. The fourth-order valence-corrected chi connectivity index (χ4v) is 2.45. The van der Waals surface area contributed by atoms with E-state index in [1.165, 1.54) is 5.56 Å². The molecule has 106 valence electrons. The lowest BCUT2D eigenvalue weighted by Crippen LogP contribution is -2.26. The van der Waals surface area contributed by atoms with Gasteiger partial charge in [-0.25, -0.2) is 0 Å². The summed E-state index contributed by atoms with van der Waals surface area (Å²) in [5.74, 6) is 0.0498. The Morgan fingerprint density at radius 1 is 1.05 bits per heavy atom. The molecule has 0 aliphatic heterocycles. The van der Waals surface area contributed by atoms with Crippen molar-refractivity contribution in [3.63, 3.8) is 0 Å². The van der Waals surface area contributed by atoms with E-state index >= 15 is 0 Å². The Morgan fingerprint density at radius 2 is 1.63 bits per heavy atom. The van der Waals surface area contributed by atoms with E-state index in [1.807, 2.05) is 13.8 Å². The molecule has 0 spiro atoms. The van der Waals surface area contributed by atoms with Crippen LogP contribution in [-0.2, 0) is 0 Å². The number of carbonyl (C=O) groups is 1. The zero-order valence-electron chi connectivity index (χ0n) is 12.4. The second kappa shape index (κ2) is 7.95. The average Bonchev–Trinajstić information content (AvgIpc) is 2.32. The maximum Gasteiger partial charge on any atom is 0.251 e. The van der Waals surface area contributed by atoms with E-state index in [0.29, 0.717) is 0 Å². The molecule has 3 N–H and O–H groups in total. The zero-order chi connectivity index (χ0) is 14.3. The first-order valence-electron chi connectivity index (χ1n) is 7.12. The molecule has 0 aliphatic rings. The van der Waals surface area contributed by atoms with Gasteiger partial charge in [-0.15, -0.1) is 0 Å². The monoisotopic (exact) mass is 262 g/mol. The summed E-state index contributed by atoms with van der Waals surface area (Å²) in [5, 5.41) is 3.01. The Balaban J connectivity index is 2.46. The molecule has 19 heavy (non-hydrogen) atoms. The van der Waals surface area contributed by atoms with E-state index < -0.39 is 0 Å². The van der Waals surface area contributed by atoms with E-state index in [-0.39, 0.29) is 5.91 Å². The van der Waals surface area contributed by atoms with Crippen LogP contribution in [0.5, 0.6) is 0 Å². The van der Waals surface area contributed by atoms with E-state index in [2.05, 4.69) is 24.4 Å². The third-order valence-electron chi connectivity index (χ3n) is 3.32. The van der Waals surface area contributed by atoms with Crippen LogP contribution in [0.3, 0.4) is 0 Å². The van der Waals surface area contributed by atoms with Gasteiger partial charge in [-0.05, 0) is 51.3 Å². The largest absolute Gasteiger partial charge is 0.352 e. The van der Waals surface area contributed by atoms with Crippen molar-refractivity contribution >= 4 is 5.91 Å². The first-order chi connectivity index (χ1) is 9.06. The molecule has 0 unspecified atom stereocenters. The normalized spacial score (nSPS) is 10.5. The number of hydrogen-bond donors (Lipinski definition) is 2. The summed E-state index contributed by atoms with van der Waals surface area (Å²) >= 11 is 0. The summed E-state index contributed by atoms with van der Waals surface area (Å²) < 4.78 is 0. The van der Waals surface area contributed by atoms with Gasteiger partial charge in [0.25, 0.3) is 5.91 Å². The van der Waals surface area contributed by atoms with Crippen LogP contribution in [-0.4, -0.2) is 19.0 Å². The second-order valence-electron chi connectivity index (χ2n) is 5.23. The van der Waals surface area contributed by atoms with Gasteiger partial charge in [0, 0.05) is 12.1 Å². The average molecular weight is 262 g/mol. The number of carbonyl (C=O) groups excluding carboxylic acids is 1. The van der Waals surface area contributed by atoms with Crippen LogP contribution in [0.1, 0.15) is 52.7 Å². The van der Waals surface area contributed by atoms with Crippen molar-refractivity contribution in [2.24, 2.45) is 5.73 Å². The molecule has 0 aliphatic carbocycles. The predicted octanol–water partition coefficient (Wildman–Crippen LogP) is 2.86. The Bertz CT molecular complexity index is 404. The minimum absolute atomic E-state index is 0.0498. The molecule has 0 atom stereocenters. The molecular weight excluding hydrogens is 236 g/mol. The van der Waals surface area contributed by atoms with Gasteiger partial charge in [0.05, 0.1) is 0 Å². The number of nitrogens with one attached hydrogen (secondary N) is 1. The number of unbranched alkanes of at least 4 members (excludes halogenated alkanes) is 3. The first-order valence-corrected chi connectivity index (χ1v) is 7.12. The van der Waals surface area contributed by atoms with Crippen molar-refractivity contribution in [3.8, 4) is 0 Å². The fourth-order valence-electron chi connectivity index (χ4n) is 2.45. The van der Waals surface area contributed by atoms with Crippen molar-refractivity contribution in [2.45, 2.75) is 46.5 Å². The Morgan fingerprint density at radius 3 is 2.21 bits per heavy atom. The summed E-state index contributed by atoms with van der Waals surface area (Å²) in [7, 11) is 0. The van der Waals surface area contributed by atoms with Gasteiger partial charge in [-0.2, -0.15) is 0 Å². The van der Waals surface area contributed by atoms with Crippen LogP contribution in [0.25, 0.3) is 0 Å². The fraction of sp³-hybridized carbons (Fsp3) is 0.562. The van der Waals surface area contributed by atoms with E-state index in [4.69, 9.17) is 5.73 Å². The molecule has 1 aromatic rings. The highest BCUT2D eigenvalue weighted by Gasteiger charge is 2.11. The van der Waals surface area contributed by atoms with Gasteiger partial charge in [0.2, 0.25) is 0 Å². The summed E-state index contributed by atoms with van der Waals surface area (Å²) in [6.07, 6.45) is 4.37.